The molecule has 1 unspecified atom stereocenters. The van der Waals surface area contributed by atoms with Gasteiger partial charge < -0.3 is 4.89 Å². The van der Waals surface area contributed by atoms with E-state index < -0.39 is 7.82 Å². The van der Waals surface area contributed by atoms with E-state index in [1.807, 2.05) is 0 Å². The van der Waals surface area contributed by atoms with E-state index in [4.69, 9.17) is 28.4 Å². The molecule has 0 saturated carbocycles. The van der Waals surface area contributed by atoms with Crippen LogP contribution in [-0.2, 0) is 17.8 Å². The molecule has 0 aliphatic heterocycles. The SMILES string of the molecule is O=P(OCl)(OCCCl)OOc1ccccc1. The van der Waals surface area contributed by atoms with Gasteiger partial charge in [-0.25, -0.2) is 4.57 Å². The highest BCUT2D eigenvalue weighted by Gasteiger charge is 2.29. The first kappa shape index (κ1) is 13.8. The zero-order valence-electron chi connectivity index (χ0n) is 8.05. The van der Waals surface area contributed by atoms with Crippen molar-refractivity contribution in [3.8, 4) is 5.75 Å². The third-order valence-electron chi connectivity index (χ3n) is 1.38. The van der Waals surface area contributed by atoms with E-state index in [1.165, 1.54) is 0 Å². The van der Waals surface area contributed by atoms with Crippen molar-refractivity contribution in [2.45, 2.75) is 0 Å². The smallest absolute Gasteiger partial charge is 0.327 e. The Labute approximate surface area is 103 Å². The lowest BCUT2D eigenvalue weighted by molar-refractivity contribution is -0.124. The van der Waals surface area contributed by atoms with E-state index in [2.05, 4.69) is 13.3 Å². The maximum absolute atomic E-state index is 11.5. The van der Waals surface area contributed by atoms with Gasteiger partial charge in [-0.05, 0) is 12.1 Å². The molecule has 1 aromatic carbocycles. The summed E-state index contributed by atoms with van der Waals surface area (Å²) in [7, 11) is -3.92. The van der Waals surface area contributed by atoms with Crippen LogP contribution < -0.4 is 4.89 Å². The zero-order chi connectivity index (χ0) is 11.9. The molecular formula is C8H9Cl2O5P. The molecule has 1 aromatic rings. The van der Waals surface area contributed by atoms with Crippen molar-refractivity contribution < 1.29 is 22.7 Å². The second-order valence-corrected chi connectivity index (χ2v) is 4.74. The van der Waals surface area contributed by atoms with Crippen LogP contribution in [0.3, 0.4) is 0 Å². The number of hydrogen-bond acceptors (Lipinski definition) is 5. The van der Waals surface area contributed by atoms with Gasteiger partial charge in [-0.3, -0.25) is 4.52 Å². The van der Waals surface area contributed by atoms with Crippen LogP contribution in [0.4, 0.5) is 0 Å². The average Bonchev–Trinajstić information content (AvgIpc) is 2.35. The first-order valence-corrected chi connectivity index (χ1v) is 6.53. The maximum Gasteiger partial charge on any atom is 0.527 e. The normalized spacial score (nSPS) is 14.4. The molecule has 0 N–H and O–H groups in total. The largest absolute Gasteiger partial charge is 0.527 e. The molecule has 8 heteroatoms. The van der Waals surface area contributed by atoms with Crippen molar-refractivity contribution in [2.75, 3.05) is 12.5 Å². The number of para-hydroxylation sites is 1. The summed E-state index contributed by atoms with van der Waals surface area (Å²) in [4.78, 5) is 4.72. The quantitative estimate of drug-likeness (QED) is 0.332. The summed E-state index contributed by atoms with van der Waals surface area (Å²) < 4.78 is 24.8. The first-order chi connectivity index (χ1) is 7.70. The van der Waals surface area contributed by atoms with Gasteiger partial charge in [0.1, 0.15) is 0 Å². The summed E-state index contributed by atoms with van der Waals surface area (Å²) in [5.74, 6) is 0.463. The number of phosphoric acid groups is 1. The van der Waals surface area contributed by atoms with Crippen molar-refractivity contribution in [2.24, 2.45) is 0 Å². The lowest BCUT2D eigenvalue weighted by Crippen LogP contribution is -2.01. The molecule has 0 fully saturated rings. The Morgan fingerprint density at radius 1 is 1.25 bits per heavy atom. The first-order valence-electron chi connectivity index (χ1n) is 4.22. The van der Waals surface area contributed by atoms with Gasteiger partial charge in [0.05, 0.1) is 18.5 Å². The van der Waals surface area contributed by atoms with Crippen molar-refractivity contribution >= 4 is 31.3 Å². The summed E-state index contributed by atoms with van der Waals surface area (Å²) >= 11 is 10.3. The highest BCUT2D eigenvalue weighted by molar-refractivity contribution is 7.49. The standard InChI is InChI=1S/C8H9Cl2O5P/c9-6-7-12-16(11,14-10)15-13-8-4-2-1-3-5-8/h1-5H,6-7H2. The third-order valence-corrected chi connectivity index (χ3v) is 2.97. The number of halogens is 2. The minimum absolute atomic E-state index is 0.0380. The number of alkyl halides is 1. The molecule has 0 aliphatic carbocycles. The Morgan fingerprint density at radius 3 is 2.50 bits per heavy atom. The highest BCUT2D eigenvalue weighted by atomic mass is 35.5. The van der Waals surface area contributed by atoms with E-state index in [-0.39, 0.29) is 12.5 Å². The van der Waals surface area contributed by atoms with Crippen LogP contribution in [0, 0.1) is 0 Å². The Balaban J connectivity index is 2.48. The molecule has 5 nitrogen and oxygen atoms in total. The molecular weight excluding hydrogens is 278 g/mol. The fraction of sp³-hybridized carbons (Fsp3) is 0.250. The predicted molar refractivity (Wildman–Crippen MR) is 59.4 cm³/mol. The van der Waals surface area contributed by atoms with E-state index in [9.17, 15) is 4.57 Å². The Bertz CT molecular complexity index is 348. The van der Waals surface area contributed by atoms with Crippen molar-refractivity contribution in [3.63, 3.8) is 0 Å². The van der Waals surface area contributed by atoms with Crippen molar-refractivity contribution in [3.05, 3.63) is 30.3 Å². The number of hydrogen-bond donors (Lipinski definition) is 0. The van der Waals surface area contributed by atoms with E-state index in [1.54, 1.807) is 30.3 Å². The predicted octanol–water partition coefficient (Wildman–Crippen LogP) is 3.53. The van der Waals surface area contributed by atoms with Gasteiger partial charge in [-0.2, -0.15) is 4.08 Å². The fourth-order valence-electron chi connectivity index (χ4n) is 0.764. The van der Waals surface area contributed by atoms with E-state index in [0.717, 1.165) is 0 Å². The Morgan fingerprint density at radius 2 is 1.94 bits per heavy atom. The van der Waals surface area contributed by atoms with Gasteiger partial charge in [-0.1, -0.05) is 22.9 Å². The summed E-state index contributed by atoms with van der Waals surface area (Å²) in [5.41, 5.74) is 0. The topological polar surface area (TPSA) is 54.0 Å². The summed E-state index contributed by atoms with van der Waals surface area (Å²) in [5, 5.41) is 0. The van der Waals surface area contributed by atoms with E-state index in [0.29, 0.717) is 5.75 Å². The maximum atomic E-state index is 11.5. The van der Waals surface area contributed by atoms with Gasteiger partial charge in [0.25, 0.3) is 0 Å². The van der Waals surface area contributed by atoms with Crippen LogP contribution >= 0.6 is 31.3 Å². The second-order valence-electron chi connectivity index (χ2n) is 2.51. The molecule has 0 saturated heterocycles. The van der Waals surface area contributed by atoms with Crippen molar-refractivity contribution in [1.29, 1.82) is 0 Å². The monoisotopic (exact) mass is 286 g/mol. The number of rotatable bonds is 7. The van der Waals surface area contributed by atoms with Gasteiger partial charge in [0.2, 0.25) is 0 Å². The molecule has 0 spiro atoms. The minimum Gasteiger partial charge on any atom is -0.327 e. The van der Waals surface area contributed by atoms with E-state index >= 15 is 0 Å². The van der Waals surface area contributed by atoms with Gasteiger partial charge in [0.15, 0.2) is 5.75 Å². The van der Waals surface area contributed by atoms with Gasteiger partial charge in [0, 0.05) is 5.88 Å². The van der Waals surface area contributed by atoms with Crippen molar-refractivity contribution in [1.82, 2.24) is 0 Å². The summed E-state index contributed by atoms with van der Waals surface area (Å²) in [6.45, 7) is -0.0380. The van der Waals surface area contributed by atoms with Crippen LogP contribution in [0.5, 0.6) is 5.75 Å². The molecule has 90 valence electrons. The molecule has 0 aromatic heterocycles. The van der Waals surface area contributed by atoms with Crippen LogP contribution in [0.25, 0.3) is 0 Å². The van der Waals surface area contributed by atoms with Gasteiger partial charge in [-0.15, -0.1) is 11.6 Å². The average molecular weight is 287 g/mol. The Kier molecular flexibility index (Phi) is 6.13. The van der Waals surface area contributed by atoms with Crippen LogP contribution in [0.15, 0.2) is 30.3 Å². The lowest BCUT2D eigenvalue weighted by Gasteiger charge is -2.12. The summed E-state index contributed by atoms with van der Waals surface area (Å²) in [6, 6.07) is 8.41. The fourth-order valence-corrected chi connectivity index (χ4v) is 1.74. The molecule has 0 radical (unpaired) electrons. The molecule has 0 aliphatic rings. The zero-order valence-corrected chi connectivity index (χ0v) is 10.5. The molecule has 1 rings (SSSR count). The van der Waals surface area contributed by atoms with Gasteiger partial charge >= 0.3 is 7.82 Å². The second kappa shape index (κ2) is 7.12. The van der Waals surface area contributed by atoms with Crippen LogP contribution in [0.2, 0.25) is 0 Å². The molecule has 0 amide bonds. The van der Waals surface area contributed by atoms with Crippen LogP contribution in [-0.4, -0.2) is 12.5 Å². The molecule has 1 atom stereocenters. The Hall–Kier alpha value is -0.290. The van der Waals surface area contributed by atoms with Crippen LogP contribution in [0.1, 0.15) is 0 Å². The third kappa shape index (κ3) is 4.70. The minimum atomic E-state index is -3.92. The summed E-state index contributed by atoms with van der Waals surface area (Å²) in [6.07, 6.45) is 0. The molecule has 0 heterocycles. The lowest BCUT2D eigenvalue weighted by atomic mass is 10.3. The molecule has 16 heavy (non-hydrogen) atoms. The number of benzene rings is 1. The molecule has 0 bridgehead atoms. The highest BCUT2D eigenvalue weighted by Crippen LogP contribution is 2.50.